The van der Waals surface area contributed by atoms with Gasteiger partial charge in [0.25, 0.3) is 5.91 Å². The highest BCUT2D eigenvalue weighted by Crippen LogP contribution is 2.20. The van der Waals surface area contributed by atoms with Crippen molar-refractivity contribution in [1.29, 1.82) is 0 Å². The Morgan fingerprint density at radius 1 is 0.947 bits per heavy atom. The number of rotatable bonds is 8. The molecular formula is C25H27B2F2NO8. The number of carbonyl (C=O) groups is 3. The Morgan fingerprint density at radius 2 is 1.47 bits per heavy atom. The lowest BCUT2D eigenvalue weighted by Gasteiger charge is -2.25. The van der Waals surface area contributed by atoms with Crippen LogP contribution < -0.4 is 10.9 Å². The summed E-state index contributed by atoms with van der Waals surface area (Å²) in [5.74, 6) is -3.76. The summed E-state index contributed by atoms with van der Waals surface area (Å²) in [6, 6.07) is 4.69. The Bertz CT molecular complexity index is 1280. The van der Waals surface area contributed by atoms with Gasteiger partial charge in [-0.15, -0.1) is 0 Å². The molecule has 9 nitrogen and oxygen atoms in total. The fraction of sp³-hybridized carbons (Fsp3) is 0.400. The number of hydrogen-bond donors (Lipinski definition) is 2. The van der Waals surface area contributed by atoms with Crippen molar-refractivity contribution in [3.63, 3.8) is 0 Å². The number of hydrogen-bond acceptors (Lipinski definition) is 8. The number of ketones is 1. The van der Waals surface area contributed by atoms with Gasteiger partial charge in [-0.3, -0.25) is 14.4 Å². The first-order valence-electron chi connectivity index (χ1n) is 12.1. The van der Waals surface area contributed by atoms with Crippen molar-refractivity contribution in [3.05, 3.63) is 58.2 Å². The minimum Gasteiger partial charge on any atom is -0.459 e. The number of ether oxygens (including phenoxy) is 1. The Balaban J connectivity index is 1.49. The second kappa shape index (κ2) is 10.9. The van der Waals surface area contributed by atoms with Crippen molar-refractivity contribution in [3.8, 4) is 0 Å². The number of amides is 1. The molecule has 0 aromatic heterocycles. The molecule has 2 N–H and O–H groups in total. The summed E-state index contributed by atoms with van der Waals surface area (Å²) in [6.07, 6.45) is -0.110. The Labute approximate surface area is 219 Å². The van der Waals surface area contributed by atoms with Gasteiger partial charge >= 0.3 is 20.2 Å². The van der Waals surface area contributed by atoms with E-state index in [4.69, 9.17) is 14.0 Å². The molecule has 2 aromatic carbocycles. The highest BCUT2D eigenvalue weighted by Gasteiger charge is 2.32. The lowest BCUT2D eigenvalue weighted by Crippen LogP contribution is -2.40. The SMILES string of the molecule is CC(C)(C)OC(=O)CN(CCCC(=O)c1cc2c(cc1F)B(O)OC2)C(=O)c1cc2c(cc1F)B(O)OC2. The maximum atomic E-state index is 14.8. The molecular weight excluding hydrogens is 502 g/mol. The molecule has 0 saturated heterocycles. The van der Waals surface area contributed by atoms with E-state index in [1.807, 2.05) is 0 Å². The lowest BCUT2D eigenvalue weighted by molar-refractivity contribution is -0.155. The number of nitrogens with zero attached hydrogens (tertiary/aromatic N) is 1. The smallest absolute Gasteiger partial charge is 0.459 e. The van der Waals surface area contributed by atoms with E-state index in [1.54, 1.807) is 20.8 Å². The zero-order valence-corrected chi connectivity index (χ0v) is 21.3. The van der Waals surface area contributed by atoms with Crippen molar-refractivity contribution in [2.75, 3.05) is 13.1 Å². The summed E-state index contributed by atoms with van der Waals surface area (Å²) in [4.78, 5) is 39.6. The van der Waals surface area contributed by atoms with Gasteiger partial charge in [-0.2, -0.15) is 0 Å². The molecule has 200 valence electrons. The number of fused-ring (bicyclic) bond motifs is 2. The third-order valence-corrected chi connectivity index (χ3v) is 6.17. The van der Waals surface area contributed by atoms with Crippen LogP contribution in [0.2, 0.25) is 0 Å². The largest absolute Gasteiger partial charge is 0.491 e. The monoisotopic (exact) mass is 529 g/mol. The van der Waals surface area contributed by atoms with Crippen LogP contribution in [0, 0.1) is 11.6 Å². The van der Waals surface area contributed by atoms with Crippen LogP contribution in [0.1, 0.15) is 65.5 Å². The molecule has 4 rings (SSSR count). The van der Waals surface area contributed by atoms with E-state index in [9.17, 15) is 33.2 Å². The standard InChI is InChI=1S/C25H27B2F2NO8/c1-25(2,3)38-23(32)11-30(24(33)17-8-15-13-37-27(35)19(15)10-21(17)29)6-4-5-22(31)16-7-14-12-36-26(34)18(14)9-20(16)28/h7-10,34-35H,4-6,11-13H2,1-3H3. The van der Waals surface area contributed by atoms with Gasteiger partial charge in [0.2, 0.25) is 0 Å². The van der Waals surface area contributed by atoms with E-state index in [0.717, 1.165) is 17.0 Å². The van der Waals surface area contributed by atoms with E-state index >= 15 is 0 Å². The normalized spacial score (nSPS) is 14.4. The molecule has 2 aliphatic rings. The van der Waals surface area contributed by atoms with E-state index in [-0.39, 0.29) is 54.7 Å². The number of esters is 1. The zero-order chi connectivity index (χ0) is 27.8. The van der Waals surface area contributed by atoms with Crippen LogP contribution in [-0.2, 0) is 32.1 Å². The van der Waals surface area contributed by atoms with Crippen LogP contribution in [0.4, 0.5) is 8.78 Å². The Kier molecular flexibility index (Phi) is 8.03. The van der Waals surface area contributed by atoms with Crippen LogP contribution in [0.5, 0.6) is 0 Å². The molecule has 2 aromatic rings. The van der Waals surface area contributed by atoms with Crippen LogP contribution in [0.15, 0.2) is 24.3 Å². The highest BCUT2D eigenvalue weighted by molar-refractivity contribution is 6.62. The molecule has 2 aliphatic heterocycles. The summed E-state index contributed by atoms with van der Waals surface area (Å²) in [6.45, 7) is 4.41. The summed E-state index contributed by atoms with van der Waals surface area (Å²) in [7, 11) is -2.53. The van der Waals surface area contributed by atoms with Crippen LogP contribution in [0.25, 0.3) is 0 Å². The van der Waals surface area contributed by atoms with Gasteiger partial charge in [0, 0.05) is 13.0 Å². The summed E-state index contributed by atoms with van der Waals surface area (Å²) in [5.41, 5.74) is 0.117. The van der Waals surface area contributed by atoms with Crippen LogP contribution in [-0.4, -0.2) is 65.5 Å². The van der Waals surface area contributed by atoms with Gasteiger partial charge in [-0.1, -0.05) is 0 Å². The molecule has 0 aliphatic carbocycles. The molecule has 0 unspecified atom stereocenters. The van der Waals surface area contributed by atoms with Gasteiger partial charge < -0.3 is 29.0 Å². The average molecular weight is 529 g/mol. The first kappa shape index (κ1) is 27.9. The quantitative estimate of drug-likeness (QED) is 0.294. The predicted molar refractivity (Wildman–Crippen MR) is 133 cm³/mol. The summed E-state index contributed by atoms with van der Waals surface area (Å²) in [5, 5.41) is 19.5. The van der Waals surface area contributed by atoms with E-state index in [1.165, 1.54) is 12.1 Å². The second-order valence-electron chi connectivity index (χ2n) is 10.2. The molecule has 0 spiro atoms. The molecule has 2 heterocycles. The second-order valence-corrected chi connectivity index (χ2v) is 10.2. The van der Waals surface area contributed by atoms with E-state index < -0.39 is 55.7 Å². The fourth-order valence-electron chi connectivity index (χ4n) is 4.39. The van der Waals surface area contributed by atoms with Crippen molar-refractivity contribution < 1.29 is 47.3 Å². The van der Waals surface area contributed by atoms with Gasteiger partial charge in [0.15, 0.2) is 5.78 Å². The molecule has 38 heavy (non-hydrogen) atoms. The Hall–Kier alpha value is -3.12. The van der Waals surface area contributed by atoms with Crippen LogP contribution in [0.3, 0.4) is 0 Å². The molecule has 0 bridgehead atoms. The van der Waals surface area contributed by atoms with Gasteiger partial charge in [0.1, 0.15) is 23.8 Å². The number of Topliss-reactive ketones (excluding diaryl/α,β-unsaturated/α-hetero) is 1. The third-order valence-electron chi connectivity index (χ3n) is 6.17. The Morgan fingerprint density at radius 3 is 2.03 bits per heavy atom. The summed E-state index contributed by atoms with van der Waals surface area (Å²) < 4.78 is 44.8. The third kappa shape index (κ3) is 6.12. The number of carbonyl (C=O) groups excluding carboxylic acids is 3. The maximum absolute atomic E-state index is 14.8. The fourth-order valence-corrected chi connectivity index (χ4v) is 4.39. The summed E-state index contributed by atoms with van der Waals surface area (Å²) >= 11 is 0. The first-order chi connectivity index (χ1) is 17.8. The molecule has 0 atom stereocenters. The highest BCUT2D eigenvalue weighted by atomic mass is 19.1. The zero-order valence-electron chi connectivity index (χ0n) is 21.3. The molecule has 13 heteroatoms. The first-order valence-corrected chi connectivity index (χ1v) is 12.1. The molecule has 0 radical (unpaired) electrons. The van der Waals surface area contributed by atoms with Crippen LogP contribution >= 0.6 is 0 Å². The van der Waals surface area contributed by atoms with Crippen molar-refractivity contribution in [2.24, 2.45) is 0 Å². The van der Waals surface area contributed by atoms with Gasteiger partial charge in [-0.05, 0) is 73.5 Å². The number of benzene rings is 2. The van der Waals surface area contributed by atoms with Gasteiger partial charge in [0.05, 0.1) is 24.3 Å². The molecule has 1 amide bonds. The van der Waals surface area contributed by atoms with Crippen molar-refractivity contribution in [2.45, 2.75) is 52.4 Å². The topological polar surface area (TPSA) is 123 Å². The lowest BCUT2D eigenvalue weighted by atomic mass is 9.78. The predicted octanol–water partition coefficient (Wildman–Crippen LogP) is 0.847. The number of halogens is 2. The van der Waals surface area contributed by atoms with Crippen molar-refractivity contribution >= 4 is 42.8 Å². The van der Waals surface area contributed by atoms with Gasteiger partial charge in [-0.25, -0.2) is 8.78 Å². The maximum Gasteiger partial charge on any atom is 0.491 e. The van der Waals surface area contributed by atoms with E-state index in [0.29, 0.717) is 11.1 Å². The molecule has 0 saturated carbocycles. The van der Waals surface area contributed by atoms with Crippen molar-refractivity contribution in [1.82, 2.24) is 4.90 Å². The average Bonchev–Trinajstić information content (AvgIpc) is 3.37. The minimum absolute atomic E-state index is 0.00790. The minimum atomic E-state index is -1.29. The van der Waals surface area contributed by atoms with E-state index in [2.05, 4.69) is 0 Å². The molecule has 0 fully saturated rings.